The van der Waals surface area contributed by atoms with Crippen LogP contribution in [0, 0.1) is 18.7 Å². The molecule has 0 saturated carbocycles. The van der Waals surface area contributed by atoms with Crippen LogP contribution in [0.25, 0.3) is 0 Å². The summed E-state index contributed by atoms with van der Waals surface area (Å²) in [5.41, 5.74) is 0. The zero-order valence-corrected chi connectivity index (χ0v) is 14.5. The van der Waals surface area contributed by atoms with E-state index in [9.17, 15) is 9.18 Å². The molecule has 1 aromatic heterocycles. The SMILES string of the molecule is Cc1nccn1CCC(=O)N1CCC[C@H](COc2ccc(F)cc2)C1. The molecule has 6 heteroatoms. The highest BCUT2D eigenvalue weighted by molar-refractivity contribution is 5.76. The lowest BCUT2D eigenvalue weighted by Gasteiger charge is -2.32. The second-order valence-corrected chi connectivity index (χ2v) is 6.53. The van der Waals surface area contributed by atoms with Crippen molar-refractivity contribution in [3.8, 4) is 5.75 Å². The number of aryl methyl sites for hydroxylation is 2. The summed E-state index contributed by atoms with van der Waals surface area (Å²) in [6, 6.07) is 6.05. The largest absolute Gasteiger partial charge is 0.493 e. The molecule has 1 fully saturated rings. The Morgan fingerprint density at radius 2 is 2.16 bits per heavy atom. The molecule has 1 atom stereocenters. The smallest absolute Gasteiger partial charge is 0.224 e. The van der Waals surface area contributed by atoms with E-state index in [-0.39, 0.29) is 11.7 Å². The molecule has 5 nitrogen and oxygen atoms in total. The number of carbonyl (C=O) groups is 1. The Kier molecular flexibility index (Phi) is 5.68. The summed E-state index contributed by atoms with van der Waals surface area (Å²) in [6.07, 6.45) is 6.18. The van der Waals surface area contributed by atoms with Crippen molar-refractivity contribution in [1.29, 1.82) is 0 Å². The van der Waals surface area contributed by atoms with Crippen molar-refractivity contribution in [1.82, 2.24) is 14.5 Å². The van der Waals surface area contributed by atoms with Gasteiger partial charge in [-0.25, -0.2) is 9.37 Å². The zero-order valence-electron chi connectivity index (χ0n) is 14.5. The summed E-state index contributed by atoms with van der Waals surface area (Å²) in [7, 11) is 0. The van der Waals surface area contributed by atoms with Gasteiger partial charge in [0, 0.05) is 44.4 Å². The van der Waals surface area contributed by atoms with Gasteiger partial charge in [-0.05, 0) is 44.0 Å². The Balaban J connectivity index is 1.46. The Morgan fingerprint density at radius 1 is 1.36 bits per heavy atom. The Hall–Kier alpha value is -2.37. The van der Waals surface area contributed by atoms with Crippen LogP contribution < -0.4 is 4.74 Å². The van der Waals surface area contributed by atoms with Crippen molar-refractivity contribution in [2.24, 2.45) is 5.92 Å². The van der Waals surface area contributed by atoms with Gasteiger partial charge in [0.05, 0.1) is 6.61 Å². The van der Waals surface area contributed by atoms with E-state index in [4.69, 9.17) is 4.74 Å². The van der Waals surface area contributed by atoms with Gasteiger partial charge < -0.3 is 14.2 Å². The molecule has 2 aromatic rings. The minimum absolute atomic E-state index is 0.180. The van der Waals surface area contributed by atoms with Gasteiger partial charge in [0.25, 0.3) is 0 Å². The molecule has 1 amide bonds. The van der Waals surface area contributed by atoms with E-state index in [0.717, 1.165) is 31.8 Å². The second-order valence-electron chi connectivity index (χ2n) is 6.53. The van der Waals surface area contributed by atoms with Crippen LogP contribution >= 0.6 is 0 Å². The van der Waals surface area contributed by atoms with Crippen molar-refractivity contribution < 1.29 is 13.9 Å². The van der Waals surface area contributed by atoms with Crippen LogP contribution in [0.15, 0.2) is 36.7 Å². The molecule has 1 saturated heterocycles. The molecule has 0 N–H and O–H groups in total. The molecule has 2 heterocycles. The lowest BCUT2D eigenvalue weighted by Crippen LogP contribution is -2.41. The van der Waals surface area contributed by atoms with Crippen molar-refractivity contribution in [3.05, 3.63) is 48.3 Å². The Bertz CT molecular complexity index is 699. The summed E-state index contributed by atoms with van der Waals surface area (Å²) < 4.78 is 20.7. The zero-order chi connectivity index (χ0) is 17.6. The molecular formula is C19H24FN3O2. The molecule has 25 heavy (non-hydrogen) atoms. The van der Waals surface area contributed by atoms with Crippen LogP contribution in [0.3, 0.4) is 0 Å². The molecule has 1 aromatic carbocycles. The number of imidazole rings is 1. The average Bonchev–Trinajstić information content (AvgIpc) is 3.04. The number of carbonyl (C=O) groups excluding carboxylic acids is 1. The predicted molar refractivity (Wildman–Crippen MR) is 92.8 cm³/mol. The third-order valence-corrected chi connectivity index (χ3v) is 4.66. The molecule has 0 spiro atoms. The topological polar surface area (TPSA) is 47.4 Å². The summed E-state index contributed by atoms with van der Waals surface area (Å²) in [5, 5.41) is 0. The van der Waals surface area contributed by atoms with Crippen LogP contribution in [0.5, 0.6) is 5.75 Å². The summed E-state index contributed by atoms with van der Waals surface area (Å²) in [6.45, 7) is 4.69. The van der Waals surface area contributed by atoms with Crippen LogP contribution in [0.4, 0.5) is 4.39 Å². The average molecular weight is 345 g/mol. The maximum absolute atomic E-state index is 12.9. The number of likely N-dealkylation sites (tertiary alicyclic amines) is 1. The van der Waals surface area contributed by atoms with Gasteiger partial charge in [-0.15, -0.1) is 0 Å². The minimum atomic E-state index is -0.269. The first kappa shape index (κ1) is 17.5. The third kappa shape index (κ3) is 4.81. The number of ether oxygens (including phenoxy) is 1. The normalized spacial score (nSPS) is 17.5. The number of hydrogen-bond donors (Lipinski definition) is 0. The third-order valence-electron chi connectivity index (χ3n) is 4.66. The van der Waals surface area contributed by atoms with Gasteiger partial charge in [-0.3, -0.25) is 4.79 Å². The summed E-state index contributed by atoms with van der Waals surface area (Å²) in [4.78, 5) is 18.6. The highest BCUT2D eigenvalue weighted by atomic mass is 19.1. The van der Waals surface area contributed by atoms with Crippen molar-refractivity contribution in [2.45, 2.75) is 32.7 Å². The van der Waals surface area contributed by atoms with Crippen LogP contribution in [-0.4, -0.2) is 40.1 Å². The molecule has 1 aliphatic heterocycles. The quantitative estimate of drug-likeness (QED) is 0.808. The molecule has 0 aliphatic carbocycles. The number of benzene rings is 1. The van der Waals surface area contributed by atoms with Crippen molar-refractivity contribution >= 4 is 5.91 Å². The van der Waals surface area contributed by atoms with Gasteiger partial charge in [0.2, 0.25) is 5.91 Å². The van der Waals surface area contributed by atoms with E-state index in [1.54, 1.807) is 18.3 Å². The van der Waals surface area contributed by atoms with E-state index in [2.05, 4.69) is 4.98 Å². The molecule has 0 bridgehead atoms. The lowest BCUT2D eigenvalue weighted by atomic mass is 9.98. The first-order valence-electron chi connectivity index (χ1n) is 8.75. The highest BCUT2D eigenvalue weighted by Crippen LogP contribution is 2.20. The lowest BCUT2D eigenvalue weighted by molar-refractivity contribution is -0.133. The van der Waals surface area contributed by atoms with Crippen LogP contribution in [-0.2, 0) is 11.3 Å². The van der Waals surface area contributed by atoms with Crippen molar-refractivity contribution in [2.75, 3.05) is 19.7 Å². The first-order chi connectivity index (χ1) is 12.1. The first-order valence-corrected chi connectivity index (χ1v) is 8.75. The Labute approximate surface area is 147 Å². The highest BCUT2D eigenvalue weighted by Gasteiger charge is 2.24. The molecule has 134 valence electrons. The van der Waals surface area contributed by atoms with E-state index >= 15 is 0 Å². The Morgan fingerprint density at radius 3 is 2.88 bits per heavy atom. The fraction of sp³-hybridized carbons (Fsp3) is 0.474. The molecular weight excluding hydrogens is 321 g/mol. The number of piperidine rings is 1. The fourth-order valence-corrected chi connectivity index (χ4v) is 3.19. The minimum Gasteiger partial charge on any atom is -0.493 e. The molecule has 1 aliphatic rings. The van der Waals surface area contributed by atoms with Crippen LogP contribution in [0.2, 0.25) is 0 Å². The van der Waals surface area contributed by atoms with Gasteiger partial charge in [-0.2, -0.15) is 0 Å². The van der Waals surface area contributed by atoms with Crippen molar-refractivity contribution in [3.63, 3.8) is 0 Å². The number of rotatable bonds is 6. The maximum Gasteiger partial charge on any atom is 0.224 e. The maximum atomic E-state index is 12.9. The van der Waals surface area contributed by atoms with E-state index in [0.29, 0.717) is 31.2 Å². The predicted octanol–water partition coefficient (Wildman–Crippen LogP) is 3.04. The van der Waals surface area contributed by atoms with E-state index in [1.165, 1.54) is 12.1 Å². The molecule has 0 radical (unpaired) electrons. The number of amides is 1. The van der Waals surface area contributed by atoms with Crippen LogP contribution in [0.1, 0.15) is 25.1 Å². The monoisotopic (exact) mass is 345 g/mol. The fourth-order valence-electron chi connectivity index (χ4n) is 3.19. The molecule has 3 rings (SSSR count). The number of aromatic nitrogens is 2. The van der Waals surface area contributed by atoms with Gasteiger partial charge in [0.1, 0.15) is 17.4 Å². The van der Waals surface area contributed by atoms with E-state index < -0.39 is 0 Å². The second kappa shape index (κ2) is 8.14. The molecule has 0 unspecified atom stereocenters. The number of nitrogens with zero attached hydrogens (tertiary/aromatic N) is 3. The standard InChI is InChI=1S/C19H24FN3O2/c1-15-21-9-12-22(15)11-8-19(24)23-10-2-3-16(13-23)14-25-18-6-4-17(20)5-7-18/h4-7,9,12,16H,2-3,8,10-11,13-14H2,1H3/t16-/m0/s1. The van der Waals surface area contributed by atoms with Gasteiger partial charge >= 0.3 is 0 Å². The summed E-state index contributed by atoms with van der Waals surface area (Å²) in [5.74, 6) is 1.82. The summed E-state index contributed by atoms with van der Waals surface area (Å²) >= 11 is 0. The number of halogens is 1. The van der Waals surface area contributed by atoms with E-state index in [1.807, 2.05) is 22.6 Å². The van der Waals surface area contributed by atoms with Gasteiger partial charge in [-0.1, -0.05) is 0 Å². The number of hydrogen-bond acceptors (Lipinski definition) is 3. The van der Waals surface area contributed by atoms with Gasteiger partial charge in [0.15, 0.2) is 0 Å².